The zero-order valence-electron chi connectivity index (χ0n) is 20.9. The maximum Gasteiger partial charge on any atom is 0.336 e. The van der Waals surface area contributed by atoms with Crippen LogP contribution in [0.15, 0.2) is 71.3 Å². The number of pyridine rings is 1. The molecule has 1 N–H and O–H groups in total. The van der Waals surface area contributed by atoms with Crippen LogP contribution in [-0.4, -0.2) is 43.0 Å². The molecule has 36 heavy (non-hydrogen) atoms. The van der Waals surface area contributed by atoms with Gasteiger partial charge in [-0.25, -0.2) is 4.79 Å². The summed E-state index contributed by atoms with van der Waals surface area (Å²) < 4.78 is 16.3. The Bertz CT molecular complexity index is 1230. The molecule has 8 heteroatoms. The first-order valence-corrected chi connectivity index (χ1v) is 12.0. The van der Waals surface area contributed by atoms with Crippen molar-refractivity contribution in [2.75, 3.05) is 20.3 Å². The molecule has 0 saturated heterocycles. The van der Waals surface area contributed by atoms with E-state index in [0.717, 1.165) is 5.56 Å². The number of carbonyl (C=O) groups excluding carboxylic acids is 3. The largest absolute Gasteiger partial charge is 0.496 e. The number of rotatable bonds is 7. The lowest BCUT2D eigenvalue weighted by Gasteiger charge is -2.39. The Morgan fingerprint density at radius 2 is 1.83 bits per heavy atom. The number of dihydropyridines is 1. The minimum Gasteiger partial charge on any atom is -0.496 e. The molecule has 0 spiro atoms. The molecule has 1 aromatic heterocycles. The maximum atomic E-state index is 14.2. The summed E-state index contributed by atoms with van der Waals surface area (Å²) in [6.45, 7) is 5.56. The summed E-state index contributed by atoms with van der Waals surface area (Å²) in [6.07, 6.45) is 3.61. The minimum atomic E-state index is -1.09. The van der Waals surface area contributed by atoms with Gasteiger partial charge in [0, 0.05) is 41.2 Å². The van der Waals surface area contributed by atoms with Gasteiger partial charge < -0.3 is 19.5 Å². The summed E-state index contributed by atoms with van der Waals surface area (Å²) in [7, 11) is 1.56. The van der Waals surface area contributed by atoms with Crippen molar-refractivity contribution in [3.05, 3.63) is 82.5 Å². The third-order valence-electron chi connectivity index (χ3n) is 6.61. The van der Waals surface area contributed by atoms with Crippen molar-refractivity contribution in [3.63, 3.8) is 0 Å². The molecule has 1 aromatic carbocycles. The van der Waals surface area contributed by atoms with E-state index in [4.69, 9.17) is 14.2 Å². The van der Waals surface area contributed by atoms with E-state index in [0.29, 0.717) is 40.3 Å². The highest BCUT2D eigenvalue weighted by Crippen LogP contribution is 2.49. The van der Waals surface area contributed by atoms with Crippen LogP contribution in [0.5, 0.6) is 5.75 Å². The van der Waals surface area contributed by atoms with Crippen LogP contribution >= 0.6 is 0 Å². The SMILES string of the molecule is CCOC(=O)C1=C(C)NC2=C(C(=O)[C@H](C(=O)OCC)[C@@H](c3ccccc3OC)C2)[C@@H]1c1cccnc1. The van der Waals surface area contributed by atoms with E-state index in [1.165, 1.54) is 0 Å². The van der Waals surface area contributed by atoms with Gasteiger partial charge in [0.2, 0.25) is 0 Å². The molecule has 0 unspecified atom stereocenters. The van der Waals surface area contributed by atoms with Crippen molar-refractivity contribution < 1.29 is 28.6 Å². The zero-order valence-corrected chi connectivity index (χ0v) is 20.9. The quantitative estimate of drug-likeness (QED) is 0.462. The van der Waals surface area contributed by atoms with Crippen molar-refractivity contribution in [3.8, 4) is 5.75 Å². The molecule has 2 heterocycles. The molecule has 188 valence electrons. The van der Waals surface area contributed by atoms with Gasteiger partial charge in [-0.15, -0.1) is 0 Å². The second-order valence-electron chi connectivity index (χ2n) is 8.64. The molecule has 0 bridgehead atoms. The first-order valence-electron chi connectivity index (χ1n) is 12.0. The first kappa shape index (κ1) is 25.2. The molecule has 2 aliphatic rings. The number of aromatic nitrogens is 1. The van der Waals surface area contributed by atoms with Gasteiger partial charge in [-0.3, -0.25) is 14.6 Å². The Labute approximate surface area is 210 Å². The Balaban J connectivity index is 1.91. The van der Waals surface area contributed by atoms with E-state index in [2.05, 4.69) is 10.3 Å². The lowest BCUT2D eigenvalue weighted by Crippen LogP contribution is -2.43. The number of nitrogens with zero attached hydrogens (tertiary/aromatic N) is 1. The number of Topliss-reactive ketones (excluding diaryl/α,β-unsaturated/α-hetero) is 1. The van der Waals surface area contributed by atoms with E-state index in [9.17, 15) is 14.4 Å². The fourth-order valence-electron chi connectivity index (χ4n) is 5.16. The smallest absolute Gasteiger partial charge is 0.336 e. The second kappa shape index (κ2) is 10.8. The average molecular weight is 491 g/mol. The first-order chi connectivity index (χ1) is 17.4. The predicted molar refractivity (Wildman–Crippen MR) is 132 cm³/mol. The molecule has 8 nitrogen and oxygen atoms in total. The van der Waals surface area contributed by atoms with Gasteiger partial charge >= 0.3 is 11.9 Å². The maximum absolute atomic E-state index is 14.2. The third kappa shape index (κ3) is 4.51. The van der Waals surface area contributed by atoms with Crippen LogP contribution in [0.3, 0.4) is 0 Å². The number of ether oxygens (including phenoxy) is 3. The van der Waals surface area contributed by atoms with E-state index in [1.807, 2.05) is 30.3 Å². The summed E-state index contributed by atoms with van der Waals surface area (Å²) in [5.41, 5.74) is 3.37. The van der Waals surface area contributed by atoms with Crippen LogP contribution in [0.1, 0.15) is 50.2 Å². The molecular formula is C28H30N2O6. The van der Waals surface area contributed by atoms with Crippen molar-refractivity contribution in [2.24, 2.45) is 5.92 Å². The number of esters is 2. The van der Waals surface area contributed by atoms with Crippen LogP contribution in [0, 0.1) is 5.92 Å². The Morgan fingerprint density at radius 1 is 1.08 bits per heavy atom. The third-order valence-corrected chi connectivity index (χ3v) is 6.61. The highest BCUT2D eigenvalue weighted by molar-refractivity contribution is 6.13. The number of benzene rings is 1. The monoisotopic (exact) mass is 490 g/mol. The van der Waals surface area contributed by atoms with E-state index < -0.39 is 29.7 Å². The van der Waals surface area contributed by atoms with Crippen LogP contribution in [0.25, 0.3) is 0 Å². The summed E-state index contributed by atoms with van der Waals surface area (Å²) in [5.74, 6) is -3.24. The van der Waals surface area contributed by atoms with Crippen molar-refractivity contribution in [2.45, 2.75) is 39.0 Å². The summed E-state index contributed by atoms with van der Waals surface area (Å²) in [4.78, 5) is 44.8. The fourth-order valence-corrected chi connectivity index (χ4v) is 5.16. The molecule has 1 aliphatic heterocycles. The van der Waals surface area contributed by atoms with Gasteiger partial charge in [0.15, 0.2) is 5.78 Å². The van der Waals surface area contributed by atoms with E-state index in [-0.39, 0.29) is 19.0 Å². The highest BCUT2D eigenvalue weighted by Gasteiger charge is 2.49. The number of hydrogen-bond donors (Lipinski definition) is 1. The number of para-hydroxylation sites is 1. The summed E-state index contributed by atoms with van der Waals surface area (Å²) >= 11 is 0. The molecule has 3 atom stereocenters. The lowest BCUT2D eigenvalue weighted by atomic mass is 9.67. The zero-order chi connectivity index (χ0) is 25.8. The molecule has 0 radical (unpaired) electrons. The molecule has 2 aromatic rings. The lowest BCUT2D eigenvalue weighted by molar-refractivity contribution is -0.152. The number of hydrogen-bond acceptors (Lipinski definition) is 8. The van der Waals surface area contributed by atoms with Crippen LogP contribution < -0.4 is 10.1 Å². The standard InChI is InChI=1S/C28H30N2O6/c1-5-35-27(32)22-16(3)30-20-14-19(18-11-7-8-12-21(18)34-4)24(28(33)36-6-2)26(31)25(20)23(22)17-10-9-13-29-15-17/h7-13,15,19,23-24,30H,5-6,14H2,1-4H3/t19-,23-,24-/m1/s1. The minimum absolute atomic E-state index is 0.143. The number of methoxy groups -OCH3 is 1. The van der Waals surface area contributed by atoms with Crippen LogP contribution in [-0.2, 0) is 23.9 Å². The average Bonchev–Trinajstić information content (AvgIpc) is 2.88. The van der Waals surface area contributed by atoms with Gasteiger partial charge in [-0.05, 0) is 50.5 Å². The normalized spacial score (nSPS) is 21.4. The number of ketones is 1. The summed E-state index contributed by atoms with van der Waals surface area (Å²) in [6, 6.07) is 10.9. The van der Waals surface area contributed by atoms with Crippen LogP contribution in [0.4, 0.5) is 0 Å². The number of allylic oxidation sites excluding steroid dienone is 3. The molecule has 1 aliphatic carbocycles. The van der Waals surface area contributed by atoms with Gasteiger partial charge in [0.1, 0.15) is 11.7 Å². The molecule has 4 rings (SSSR count). The molecule has 0 amide bonds. The van der Waals surface area contributed by atoms with Crippen molar-refractivity contribution in [1.82, 2.24) is 10.3 Å². The summed E-state index contributed by atoms with van der Waals surface area (Å²) in [5, 5.41) is 3.29. The Morgan fingerprint density at radius 3 is 2.50 bits per heavy atom. The molecule has 0 fully saturated rings. The van der Waals surface area contributed by atoms with Crippen LogP contribution in [0.2, 0.25) is 0 Å². The van der Waals surface area contributed by atoms with Crippen molar-refractivity contribution in [1.29, 1.82) is 0 Å². The number of nitrogens with one attached hydrogen (secondary N) is 1. The topological polar surface area (TPSA) is 104 Å². The molecule has 0 saturated carbocycles. The van der Waals surface area contributed by atoms with Gasteiger partial charge in [-0.1, -0.05) is 24.3 Å². The number of carbonyl (C=O) groups is 3. The highest BCUT2D eigenvalue weighted by atomic mass is 16.5. The predicted octanol–water partition coefficient (Wildman–Crippen LogP) is 3.80. The van der Waals surface area contributed by atoms with Gasteiger partial charge in [0.25, 0.3) is 0 Å². The Kier molecular flexibility index (Phi) is 7.52. The van der Waals surface area contributed by atoms with Gasteiger partial charge in [0.05, 0.1) is 25.9 Å². The van der Waals surface area contributed by atoms with Gasteiger partial charge in [-0.2, -0.15) is 0 Å². The van der Waals surface area contributed by atoms with E-state index >= 15 is 0 Å². The second-order valence-corrected chi connectivity index (χ2v) is 8.64. The van der Waals surface area contributed by atoms with E-state index in [1.54, 1.807) is 46.3 Å². The fraction of sp³-hybridized carbons (Fsp3) is 0.357. The Hall–Kier alpha value is -3.94. The van der Waals surface area contributed by atoms with Crippen molar-refractivity contribution >= 4 is 17.7 Å². The molecular weight excluding hydrogens is 460 g/mol.